The zero-order valence-corrected chi connectivity index (χ0v) is 11.0. The van der Waals surface area contributed by atoms with Crippen molar-refractivity contribution in [1.29, 1.82) is 0 Å². The molecule has 0 aliphatic carbocycles. The van der Waals surface area contributed by atoms with Crippen molar-refractivity contribution in [2.45, 2.75) is 19.4 Å². The Morgan fingerprint density at radius 1 is 1.56 bits per heavy atom. The van der Waals surface area contributed by atoms with E-state index in [9.17, 15) is 4.79 Å². The Morgan fingerprint density at radius 2 is 2.39 bits per heavy atom. The first-order chi connectivity index (χ1) is 8.65. The highest BCUT2D eigenvalue weighted by Crippen LogP contribution is 2.17. The minimum absolute atomic E-state index is 0.0714. The van der Waals surface area contributed by atoms with Crippen molar-refractivity contribution in [1.82, 2.24) is 5.32 Å². The lowest BCUT2D eigenvalue weighted by Gasteiger charge is -2.29. The van der Waals surface area contributed by atoms with Gasteiger partial charge in [0, 0.05) is 17.3 Å². The summed E-state index contributed by atoms with van der Waals surface area (Å²) in [6, 6.07) is 7.00. The van der Waals surface area contributed by atoms with Crippen LogP contribution in [0.1, 0.15) is 13.3 Å². The topological polar surface area (TPSA) is 50.4 Å². The SMILES string of the molecule is CC1CCNCC1OC(=O)Nc1cccc(Cl)c1. The molecule has 2 atom stereocenters. The van der Waals surface area contributed by atoms with Crippen molar-refractivity contribution < 1.29 is 9.53 Å². The van der Waals surface area contributed by atoms with Crippen molar-refractivity contribution in [3.63, 3.8) is 0 Å². The molecule has 0 bridgehead atoms. The Morgan fingerprint density at radius 3 is 3.11 bits per heavy atom. The standard InChI is InChI=1S/C13H17ClN2O2/c1-9-5-6-15-8-12(9)18-13(17)16-11-4-2-3-10(14)7-11/h2-4,7,9,12,15H,5-6,8H2,1H3,(H,16,17). The van der Waals surface area contributed by atoms with E-state index in [0.717, 1.165) is 13.0 Å². The van der Waals surface area contributed by atoms with E-state index in [0.29, 0.717) is 23.2 Å². The van der Waals surface area contributed by atoms with Crippen LogP contribution in [0.4, 0.5) is 10.5 Å². The zero-order chi connectivity index (χ0) is 13.0. The first-order valence-electron chi connectivity index (χ1n) is 6.09. The van der Waals surface area contributed by atoms with Gasteiger partial charge in [0.25, 0.3) is 0 Å². The Balaban J connectivity index is 1.88. The number of nitrogens with one attached hydrogen (secondary N) is 2. The van der Waals surface area contributed by atoms with E-state index in [-0.39, 0.29) is 6.10 Å². The minimum Gasteiger partial charge on any atom is -0.444 e. The first kappa shape index (κ1) is 13.2. The molecule has 1 fully saturated rings. The number of halogens is 1. The van der Waals surface area contributed by atoms with Gasteiger partial charge in [-0.1, -0.05) is 24.6 Å². The van der Waals surface area contributed by atoms with Gasteiger partial charge in [-0.25, -0.2) is 4.79 Å². The largest absolute Gasteiger partial charge is 0.444 e. The molecule has 1 aromatic carbocycles. The molecule has 0 saturated carbocycles. The summed E-state index contributed by atoms with van der Waals surface area (Å²) in [6.07, 6.45) is 0.519. The van der Waals surface area contributed by atoms with Gasteiger partial charge in [0.2, 0.25) is 0 Å². The van der Waals surface area contributed by atoms with E-state index in [1.807, 2.05) is 0 Å². The molecular formula is C13H17ClN2O2. The molecule has 2 N–H and O–H groups in total. The fourth-order valence-corrected chi connectivity index (χ4v) is 2.16. The Kier molecular flexibility index (Phi) is 4.44. The molecule has 0 spiro atoms. The molecular weight excluding hydrogens is 252 g/mol. The molecule has 98 valence electrons. The Bertz CT molecular complexity index is 425. The van der Waals surface area contributed by atoms with Crippen LogP contribution < -0.4 is 10.6 Å². The number of benzene rings is 1. The molecule has 2 unspecified atom stereocenters. The van der Waals surface area contributed by atoms with Crippen molar-refractivity contribution in [3.05, 3.63) is 29.3 Å². The highest BCUT2D eigenvalue weighted by molar-refractivity contribution is 6.30. The summed E-state index contributed by atoms with van der Waals surface area (Å²) < 4.78 is 5.39. The van der Waals surface area contributed by atoms with Crippen LogP contribution in [0.2, 0.25) is 5.02 Å². The molecule has 1 saturated heterocycles. The number of carbonyl (C=O) groups is 1. The van der Waals surface area contributed by atoms with E-state index >= 15 is 0 Å². The van der Waals surface area contributed by atoms with Crippen molar-refractivity contribution in [3.8, 4) is 0 Å². The molecule has 1 aliphatic rings. The molecule has 0 aromatic heterocycles. The van der Waals surface area contributed by atoms with Crippen LogP contribution in [0.3, 0.4) is 0 Å². The number of hydrogen-bond acceptors (Lipinski definition) is 3. The van der Waals surface area contributed by atoms with Crippen molar-refractivity contribution in [2.75, 3.05) is 18.4 Å². The summed E-state index contributed by atoms with van der Waals surface area (Å²) in [7, 11) is 0. The van der Waals surface area contributed by atoms with Crippen LogP contribution in [0, 0.1) is 5.92 Å². The summed E-state index contributed by atoms with van der Waals surface area (Å²) >= 11 is 5.84. The number of hydrogen-bond donors (Lipinski definition) is 2. The molecule has 5 heteroatoms. The van der Waals surface area contributed by atoms with Crippen LogP contribution in [0.15, 0.2) is 24.3 Å². The van der Waals surface area contributed by atoms with Gasteiger partial charge in [0.05, 0.1) is 0 Å². The van der Waals surface area contributed by atoms with Crippen LogP contribution in [-0.4, -0.2) is 25.3 Å². The zero-order valence-electron chi connectivity index (χ0n) is 10.3. The monoisotopic (exact) mass is 268 g/mol. The van der Waals surface area contributed by atoms with Crippen LogP contribution in [0.5, 0.6) is 0 Å². The normalized spacial score (nSPS) is 23.4. The van der Waals surface area contributed by atoms with Gasteiger partial charge in [-0.3, -0.25) is 5.32 Å². The predicted octanol–water partition coefficient (Wildman–Crippen LogP) is 2.89. The molecule has 4 nitrogen and oxygen atoms in total. The summed E-state index contributed by atoms with van der Waals surface area (Å²) in [4.78, 5) is 11.7. The number of rotatable bonds is 2. The first-order valence-corrected chi connectivity index (χ1v) is 6.47. The lowest BCUT2D eigenvalue weighted by atomic mass is 9.97. The fourth-order valence-electron chi connectivity index (χ4n) is 1.97. The number of ether oxygens (including phenoxy) is 1. The minimum atomic E-state index is -0.433. The van der Waals surface area contributed by atoms with Gasteiger partial charge in [-0.15, -0.1) is 0 Å². The maximum atomic E-state index is 11.7. The second-order valence-electron chi connectivity index (χ2n) is 4.55. The average Bonchev–Trinajstić information content (AvgIpc) is 2.32. The Labute approximate surface area is 112 Å². The summed E-state index contributed by atoms with van der Waals surface area (Å²) in [5.41, 5.74) is 0.643. The van der Waals surface area contributed by atoms with Gasteiger partial charge in [0.15, 0.2) is 0 Å². The molecule has 18 heavy (non-hydrogen) atoms. The van der Waals surface area contributed by atoms with E-state index in [4.69, 9.17) is 16.3 Å². The van der Waals surface area contributed by atoms with Crippen LogP contribution >= 0.6 is 11.6 Å². The summed E-state index contributed by atoms with van der Waals surface area (Å²) in [5.74, 6) is 0.386. The van der Waals surface area contributed by atoms with Gasteiger partial charge >= 0.3 is 6.09 Å². The van der Waals surface area contributed by atoms with Crippen LogP contribution in [0.25, 0.3) is 0 Å². The third kappa shape index (κ3) is 3.62. The van der Waals surface area contributed by atoms with Gasteiger partial charge in [-0.05, 0) is 37.1 Å². The summed E-state index contributed by atoms with van der Waals surface area (Å²) in [5, 5.41) is 6.48. The molecule has 0 radical (unpaired) electrons. The molecule has 1 amide bonds. The maximum absolute atomic E-state index is 11.7. The number of carbonyl (C=O) groups excluding carboxylic acids is 1. The third-order valence-corrected chi connectivity index (χ3v) is 3.32. The summed E-state index contributed by atoms with van der Waals surface area (Å²) in [6.45, 7) is 3.79. The molecule has 1 heterocycles. The number of piperidine rings is 1. The van der Waals surface area contributed by atoms with E-state index in [1.165, 1.54) is 0 Å². The molecule has 1 aliphatic heterocycles. The smallest absolute Gasteiger partial charge is 0.411 e. The number of amides is 1. The Hall–Kier alpha value is -1.26. The lowest BCUT2D eigenvalue weighted by molar-refractivity contribution is 0.0614. The van der Waals surface area contributed by atoms with Crippen molar-refractivity contribution >= 4 is 23.4 Å². The molecule has 2 rings (SSSR count). The van der Waals surface area contributed by atoms with Crippen molar-refractivity contribution in [2.24, 2.45) is 5.92 Å². The van der Waals surface area contributed by atoms with Gasteiger partial charge < -0.3 is 10.1 Å². The number of anilines is 1. The highest BCUT2D eigenvalue weighted by Gasteiger charge is 2.24. The van der Waals surface area contributed by atoms with E-state index in [1.54, 1.807) is 24.3 Å². The van der Waals surface area contributed by atoms with Gasteiger partial charge in [-0.2, -0.15) is 0 Å². The second kappa shape index (κ2) is 6.07. The molecule has 1 aromatic rings. The maximum Gasteiger partial charge on any atom is 0.411 e. The highest BCUT2D eigenvalue weighted by atomic mass is 35.5. The quantitative estimate of drug-likeness (QED) is 0.867. The third-order valence-electron chi connectivity index (χ3n) is 3.09. The second-order valence-corrected chi connectivity index (χ2v) is 4.99. The van der Waals surface area contributed by atoms with E-state index < -0.39 is 6.09 Å². The predicted molar refractivity (Wildman–Crippen MR) is 72.0 cm³/mol. The average molecular weight is 269 g/mol. The van der Waals surface area contributed by atoms with E-state index in [2.05, 4.69) is 17.6 Å². The fraction of sp³-hybridized carbons (Fsp3) is 0.462. The van der Waals surface area contributed by atoms with Crippen LogP contribution in [-0.2, 0) is 4.74 Å². The van der Waals surface area contributed by atoms with Gasteiger partial charge in [0.1, 0.15) is 6.10 Å². The lowest BCUT2D eigenvalue weighted by Crippen LogP contribution is -2.42.